The van der Waals surface area contributed by atoms with Crippen molar-refractivity contribution in [2.45, 2.75) is 33.2 Å². The summed E-state index contributed by atoms with van der Waals surface area (Å²) in [7, 11) is 1.68. The van der Waals surface area contributed by atoms with Crippen molar-refractivity contribution in [3.8, 4) is 5.75 Å². The molecule has 0 amide bonds. The Balaban J connectivity index is 2.45. The van der Waals surface area contributed by atoms with Gasteiger partial charge in [0.05, 0.1) is 18.1 Å². The number of imidazole rings is 1. The third-order valence-electron chi connectivity index (χ3n) is 2.88. The van der Waals surface area contributed by atoms with E-state index in [0.29, 0.717) is 0 Å². The van der Waals surface area contributed by atoms with E-state index in [9.17, 15) is 0 Å². The molecule has 3 nitrogen and oxygen atoms in total. The van der Waals surface area contributed by atoms with Crippen LogP contribution in [0.1, 0.15) is 25.6 Å². The topological polar surface area (TPSA) is 27.1 Å². The molecule has 2 rings (SSSR count). The lowest BCUT2D eigenvalue weighted by molar-refractivity contribution is 0.415. The summed E-state index contributed by atoms with van der Waals surface area (Å²) >= 11 is 0. The molecular weight excluding hydrogens is 200 g/mol. The number of fused-ring (bicyclic) bond motifs is 1. The predicted molar refractivity (Wildman–Crippen MR) is 65.9 cm³/mol. The van der Waals surface area contributed by atoms with Gasteiger partial charge in [-0.05, 0) is 25.5 Å². The Morgan fingerprint density at radius 3 is 2.88 bits per heavy atom. The van der Waals surface area contributed by atoms with Crippen LogP contribution >= 0.6 is 0 Å². The zero-order valence-electron chi connectivity index (χ0n) is 10.2. The second-order valence-corrected chi connectivity index (χ2v) is 4.02. The Morgan fingerprint density at radius 2 is 2.19 bits per heavy atom. The Hall–Kier alpha value is -1.51. The standard InChI is InChI=1S/C13H18N2O/c1-4-5-8-15-10(2)14-12-9-11(16-3)6-7-13(12)15/h6-7,9H,4-5,8H2,1-3H3. The smallest absolute Gasteiger partial charge is 0.121 e. The molecule has 16 heavy (non-hydrogen) atoms. The van der Waals surface area contributed by atoms with Crippen molar-refractivity contribution < 1.29 is 4.74 Å². The molecule has 0 radical (unpaired) electrons. The highest BCUT2D eigenvalue weighted by molar-refractivity contribution is 5.77. The molecule has 0 N–H and O–H groups in total. The maximum Gasteiger partial charge on any atom is 0.121 e. The third kappa shape index (κ3) is 1.90. The molecule has 0 aliphatic carbocycles. The van der Waals surface area contributed by atoms with E-state index in [0.717, 1.165) is 23.6 Å². The van der Waals surface area contributed by atoms with E-state index >= 15 is 0 Å². The minimum atomic E-state index is 0.868. The van der Waals surface area contributed by atoms with E-state index in [1.165, 1.54) is 18.4 Å². The van der Waals surface area contributed by atoms with Crippen molar-refractivity contribution in [3.63, 3.8) is 0 Å². The van der Waals surface area contributed by atoms with Crippen LogP contribution in [0, 0.1) is 6.92 Å². The minimum absolute atomic E-state index is 0.868. The molecule has 0 bridgehead atoms. The first-order valence-electron chi connectivity index (χ1n) is 5.77. The maximum absolute atomic E-state index is 5.20. The molecule has 0 saturated heterocycles. The highest BCUT2D eigenvalue weighted by atomic mass is 16.5. The number of aromatic nitrogens is 2. The Kier molecular flexibility index (Phi) is 3.13. The Labute approximate surface area is 96.1 Å². The average Bonchev–Trinajstić information content (AvgIpc) is 2.61. The number of aryl methyl sites for hydroxylation is 2. The largest absolute Gasteiger partial charge is 0.497 e. The lowest BCUT2D eigenvalue weighted by atomic mass is 10.3. The zero-order valence-corrected chi connectivity index (χ0v) is 10.2. The van der Waals surface area contributed by atoms with Crippen LogP contribution in [-0.4, -0.2) is 16.7 Å². The maximum atomic E-state index is 5.20. The number of methoxy groups -OCH3 is 1. The van der Waals surface area contributed by atoms with Gasteiger partial charge in [0.15, 0.2) is 0 Å². The number of hydrogen-bond donors (Lipinski definition) is 0. The normalized spacial score (nSPS) is 10.9. The quantitative estimate of drug-likeness (QED) is 0.788. The molecule has 0 spiro atoms. The fourth-order valence-electron chi connectivity index (χ4n) is 1.96. The Morgan fingerprint density at radius 1 is 1.38 bits per heavy atom. The van der Waals surface area contributed by atoms with E-state index in [4.69, 9.17) is 4.74 Å². The lowest BCUT2D eigenvalue weighted by Gasteiger charge is -2.05. The molecule has 3 heteroatoms. The van der Waals surface area contributed by atoms with Gasteiger partial charge < -0.3 is 9.30 Å². The first kappa shape index (κ1) is 11.0. The number of nitrogens with zero attached hydrogens (tertiary/aromatic N) is 2. The molecule has 0 atom stereocenters. The SMILES string of the molecule is CCCCn1c(C)nc2cc(OC)ccc21. The summed E-state index contributed by atoms with van der Waals surface area (Å²) in [5.74, 6) is 1.95. The summed E-state index contributed by atoms with van der Waals surface area (Å²) < 4.78 is 7.48. The van der Waals surface area contributed by atoms with Crippen LogP contribution < -0.4 is 4.74 Å². The molecular formula is C13H18N2O. The number of hydrogen-bond acceptors (Lipinski definition) is 2. The number of rotatable bonds is 4. The molecule has 1 heterocycles. The van der Waals surface area contributed by atoms with Crippen LogP contribution in [0.5, 0.6) is 5.75 Å². The highest BCUT2D eigenvalue weighted by Gasteiger charge is 2.07. The lowest BCUT2D eigenvalue weighted by Crippen LogP contribution is -1.99. The first-order valence-corrected chi connectivity index (χ1v) is 5.77. The van der Waals surface area contributed by atoms with E-state index in [1.54, 1.807) is 7.11 Å². The van der Waals surface area contributed by atoms with Crippen molar-refractivity contribution in [1.82, 2.24) is 9.55 Å². The predicted octanol–water partition coefficient (Wildman–Crippen LogP) is 3.15. The Bertz CT molecular complexity index is 488. The van der Waals surface area contributed by atoms with Crippen molar-refractivity contribution >= 4 is 11.0 Å². The summed E-state index contributed by atoms with van der Waals surface area (Å²) in [6.45, 7) is 5.31. The van der Waals surface area contributed by atoms with Gasteiger partial charge in [0.25, 0.3) is 0 Å². The second-order valence-electron chi connectivity index (χ2n) is 4.02. The molecule has 86 valence electrons. The number of unbranched alkanes of at least 4 members (excludes halogenated alkanes) is 1. The number of ether oxygens (including phenoxy) is 1. The van der Waals surface area contributed by atoms with E-state index in [-0.39, 0.29) is 0 Å². The second kappa shape index (κ2) is 4.56. The van der Waals surface area contributed by atoms with Crippen molar-refractivity contribution in [1.29, 1.82) is 0 Å². The van der Waals surface area contributed by atoms with Gasteiger partial charge >= 0.3 is 0 Å². The van der Waals surface area contributed by atoms with Gasteiger partial charge in [-0.25, -0.2) is 4.98 Å². The van der Waals surface area contributed by atoms with Gasteiger partial charge in [0, 0.05) is 12.6 Å². The van der Waals surface area contributed by atoms with Crippen LogP contribution in [0.4, 0.5) is 0 Å². The summed E-state index contributed by atoms with van der Waals surface area (Å²) in [5, 5.41) is 0. The molecule has 0 aliphatic rings. The fraction of sp³-hybridized carbons (Fsp3) is 0.462. The molecule has 0 unspecified atom stereocenters. The van der Waals surface area contributed by atoms with Crippen LogP contribution in [-0.2, 0) is 6.54 Å². The summed E-state index contributed by atoms with van der Waals surface area (Å²) in [5.41, 5.74) is 2.22. The minimum Gasteiger partial charge on any atom is -0.497 e. The van der Waals surface area contributed by atoms with Gasteiger partial charge in [0.1, 0.15) is 11.6 Å². The molecule has 0 aliphatic heterocycles. The monoisotopic (exact) mass is 218 g/mol. The number of benzene rings is 1. The van der Waals surface area contributed by atoms with Crippen LogP contribution in [0.2, 0.25) is 0 Å². The highest BCUT2D eigenvalue weighted by Crippen LogP contribution is 2.21. The van der Waals surface area contributed by atoms with E-state index < -0.39 is 0 Å². The van der Waals surface area contributed by atoms with Crippen molar-refractivity contribution in [3.05, 3.63) is 24.0 Å². The molecule has 1 aromatic heterocycles. The van der Waals surface area contributed by atoms with E-state index in [2.05, 4.69) is 29.5 Å². The summed E-state index contributed by atoms with van der Waals surface area (Å²) in [6, 6.07) is 6.07. The fourth-order valence-corrected chi connectivity index (χ4v) is 1.96. The third-order valence-corrected chi connectivity index (χ3v) is 2.88. The molecule has 0 fully saturated rings. The molecule has 1 aromatic carbocycles. The summed E-state index contributed by atoms with van der Waals surface area (Å²) in [4.78, 5) is 4.56. The van der Waals surface area contributed by atoms with Crippen LogP contribution in [0.3, 0.4) is 0 Å². The molecule has 2 aromatic rings. The summed E-state index contributed by atoms with van der Waals surface area (Å²) in [6.07, 6.45) is 2.40. The first-order chi connectivity index (χ1) is 7.76. The van der Waals surface area contributed by atoms with Gasteiger partial charge in [0.2, 0.25) is 0 Å². The van der Waals surface area contributed by atoms with Crippen molar-refractivity contribution in [2.75, 3.05) is 7.11 Å². The van der Waals surface area contributed by atoms with Gasteiger partial charge in [-0.3, -0.25) is 0 Å². The van der Waals surface area contributed by atoms with Crippen LogP contribution in [0.15, 0.2) is 18.2 Å². The van der Waals surface area contributed by atoms with Gasteiger partial charge in [-0.15, -0.1) is 0 Å². The van der Waals surface area contributed by atoms with Crippen LogP contribution in [0.25, 0.3) is 11.0 Å². The van der Waals surface area contributed by atoms with E-state index in [1.807, 2.05) is 12.1 Å². The van der Waals surface area contributed by atoms with Gasteiger partial charge in [-0.1, -0.05) is 13.3 Å². The average molecular weight is 218 g/mol. The van der Waals surface area contributed by atoms with Crippen molar-refractivity contribution in [2.24, 2.45) is 0 Å². The van der Waals surface area contributed by atoms with Gasteiger partial charge in [-0.2, -0.15) is 0 Å². The zero-order chi connectivity index (χ0) is 11.5. The molecule has 0 saturated carbocycles.